The summed E-state index contributed by atoms with van der Waals surface area (Å²) in [4.78, 5) is 24.3. The average Bonchev–Trinajstić information content (AvgIpc) is 2.89. The fraction of sp³-hybridized carbons (Fsp3) is 0.0769. The molecule has 4 nitrogen and oxygen atoms in total. The third-order valence-corrected chi connectivity index (χ3v) is 3.74. The maximum absolute atomic E-state index is 11.7. The van der Waals surface area contributed by atoms with E-state index in [1.165, 1.54) is 11.3 Å². The molecule has 0 saturated carbocycles. The molecule has 98 valence electrons. The SMILES string of the molecule is O=C(Cc1cccs1)NNC(=O)c1ccc(Br)cc1. The van der Waals surface area contributed by atoms with E-state index in [1.807, 2.05) is 17.5 Å². The Morgan fingerprint density at radius 3 is 2.47 bits per heavy atom. The van der Waals surface area contributed by atoms with Crippen molar-refractivity contribution < 1.29 is 9.59 Å². The van der Waals surface area contributed by atoms with Gasteiger partial charge in [0.05, 0.1) is 6.42 Å². The van der Waals surface area contributed by atoms with Crippen LogP contribution in [-0.4, -0.2) is 11.8 Å². The van der Waals surface area contributed by atoms with E-state index in [9.17, 15) is 9.59 Å². The van der Waals surface area contributed by atoms with Gasteiger partial charge in [0, 0.05) is 14.9 Å². The van der Waals surface area contributed by atoms with Crippen molar-refractivity contribution >= 4 is 39.1 Å². The van der Waals surface area contributed by atoms with E-state index in [-0.39, 0.29) is 18.2 Å². The third-order valence-electron chi connectivity index (χ3n) is 2.34. The summed E-state index contributed by atoms with van der Waals surface area (Å²) in [6, 6.07) is 10.6. The number of carbonyl (C=O) groups excluding carboxylic acids is 2. The number of hydrogen-bond donors (Lipinski definition) is 2. The number of hydrazine groups is 1. The zero-order valence-electron chi connectivity index (χ0n) is 9.85. The van der Waals surface area contributed by atoms with Gasteiger partial charge in [-0.15, -0.1) is 11.3 Å². The molecule has 0 bridgehead atoms. The summed E-state index contributed by atoms with van der Waals surface area (Å²) in [6.07, 6.45) is 0.262. The first-order valence-electron chi connectivity index (χ1n) is 5.52. The molecule has 2 rings (SSSR count). The smallest absolute Gasteiger partial charge is 0.269 e. The van der Waals surface area contributed by atoms with E-state index in [1.54, 1.807) is 24.3 Å². The van der Waals surface area contributed by atoms with Crippen molar-refractivity contribution in [3.63, 3.8) is 0 Å². The molecule has 0 saturated heterocycles. The first-order chi connectivity index (χ1) is 9.15. The van der Waals surface area contributed by atoms with E-state index in [0.717, 1.165) is 9.35 Å². The predicted octanol–water partition coefficient (Wildman–Crippen LogP) is 2.51. The van der Waals surface area contributed by atoms with Crippen LogP contribution in [0.3, 0.4) is 0 Å². The van der Waals surface area contributed by atoms with Crippen LogP contribution in [-0.2, 0) is 11.2 Å². The molecule has 2 N–H and O–H groups in total. The Hall–Kier alpha value is -1.66. The van der Waals surface area contributed by atoms with Gasteiger partial charge < -0.3 is 0 Å². The van der Waals surface area contributed by atoms with Gasteiger partial charge in [-0.05, 0) is 35.7 Å². The fourth-order valence-electron chi connectivity index (χ4n) is 1.42. The molecule has 0 fully saturated rings. The summed E-state index contributed by atoms with van der Waals surface area (Å²) in [7, 11) is 0. The molecular formula is C13H11BrN2O2S. The maximum atomic E-state index is 11.7. The van der Waals surface area contributed by atoms with Gasteiger partial charge >= 0.3 is 0 Å². The highest BCUT2D eigenvalue weighted by Gasteiger charge is 2.08. The molecule has 1 aromatic carbocycles. The Kier molecular flexibility index (Phi) is 4.70. The van der Waals surface area contributed by atoms with Gasteiger partial charge in [-0.2, -0.15) is 0 Å². The summed E-state index contributed by atoms with van der Waals surface area (Å²) in [5.41, 5.74) is 5.26. The lowest BCUT2D eigenvalue weighted by molar-refractivity contribution is -0.121. The van der Waals surface area contributed by atoms with Crippen molar-refractivity contribution in [1.82, 2.24) is 10.9 Å². The minimum absolute atomic E-state index is 0.243. The molecule has 2 aromatic rings. The molecule has 0 atom stereocenters. The Bertz CT molecular complexity index is 567. The lowest BCUT2D eigenvalue weighted by atomic mass is 10.2. The molecule has 0 aliphatic rings. The van der Waals surface area contributed by atoms with Crippen LogP contribution in [0.25, 0.3) is 0 Å². The van der Waals surface area contributed by atoms with Gasteiger partial charge in [0.1, 0.15) is 0 Å². The Labute approximate surface area is 122 Å². The first kappa shape index (κ1) is 13.8. The lowest BCUT2D eigenvalue weighted by Gasteiger charge is -2.06. The van der Waals surface area contributed by atoms with Gasteiger partial charge in [-0.1, -0.05) is 22.0 Å². The van der Waals surface area contributed by atoms with Crippen LogP contribution < -0.4 is 10.9 Å². The second-order valence-electron chi connectivity index (χ2n) is 3.77. The van der Waals surface area contributed by atoms with Crippen LogP contribution in [0.2, 0.25) is 0 Å². The Balaban J connectivity index is 1.83. The van der Waals surface area contributed by atoms with Gasteiger partial charge in [0.2, 0.25) is 5.91 Å². The van der Waals surface area contributed by atoms with Crippen LogP contribution in [0.15, 0.2) is 46.3 Å². The van der Waals surface area contributed by atoms with E-state index in [0.29, 0.717) is 5.56 Å². The van der Waals surface area contributed by atoms with Gasteiger partial charge in [0.25, 0.3) is 5.91 Å². The number of amides is 2. The average molecular weight is 339 g/mol. The zero-order valence-corrected chi connectivity index (χ0v) is 12.3. The predicted molar refractivity (Wildman–Crippen MR) is 77.8 cm³/mol. The van der Waals surface area contributed by atoms with E-state index < -0.39 is 0 Å². The zero-order chi connectivity index (χ0) is 13.7. The van der Waals surface area contributed by atoms with Gasteiger partial charge in [-0.25, -0.2) is 0 Å². The van der Waals surface area contributed by atoms with Crippen LogP contribution in [0, 0.1) is 0 Å². The molecule has 0 radical (unpaired) electrons. The van der Waals surface area contributed by atoms with E-state index in [4.69, 9.17) is 0 Å². The van der Waals surface area contributed by atoms with Crippen molar-refractivity contribution in [3.05, 3.63) is 56.7 Å². The molecule has 0 aliphatic heterocycles. The standard InChI is InChI=1S/C13H11BrN2O2S/c14-10-5-3-9(4-6-10)13(18)16-15-12(17)8-11-2-1-7-19-11/h1-7H,8H2,(H,15,17)(H,16,18). The number of nitrogens with one attached hydrogen (secondary N) is 2. The van der Waals surface area contributed by atoms with Crippen LogP contribution in [0.1, 0.15) is 15.2 Å². The first-order valence-corrected chi connectivity index (χ1v) is 7.19. The van der Waals surface area contributed by atoms with E-state index in [2.05, 4.69) is 26.8 Å². The molecule has 1 heterocycles. The number of thiophene rings is 1. The highest BCUT2D eigenvalue weighted by atomic mass is 79.9. The molecule has 1 aromatic heterocycles. The van der Waals surface area contributed by atoms with Crippen LogP contribution in [0.5, 0.6) is 0 Å². The van der Waals surface area contributed by atoms with Crippen LogP contribution in [0.4, 0.5) is 0 Å². The fourth-order valence-corrected chi connectivity index (χ4v) is 2.38. The number of hydrogen-bond acceptors (Lipinski definition) is 3. The molecule has 0 spiro atoms. The van der Waals surface area contributed by atoms with E-state index >= 15 is 0 Å². The quantitative estimate of drug-likeness (QED) is 0.845. The van der Waals surface area contributed by atoms with Crippen molar-refractivity contribution in [3.8, 4) is 0 Å². The summed E-state index contributed by atoms with van der Waals surface area (Å²) in [5, 5.41) is 1.91. The minimum Gasteiger partial charge on any atom is -0.273 e. The largest absolute Gasteiger partial charge is 0.273 e. The van der Waals surface area contributed by atoms with Crippen molar-refractivity contribution in [1.29, 1.82) is 0 Å². The Morgan fingerprint density at radius 2 is 1.84 bits per heavy atom. The maximum Gasteiger partial charge on any atom is 0.269 e. The lowest BCUT2D eigenvalue weighted by Crippen LogP contribution is -2.42. The minimum atomic E-state index is -0.341. The topological polar surface area (TPSA) is 58.2 Å². The Morgan fingerprint density at radius 1 is 1.11 bits per heavy atom. The van der Waals surface area contributed by atoms with Crippen LogP contribution >= 0.6 is 27.3 Å². The molecule has 0 unspecified atom stereocenters. The summed E-state index contributed by atoms with van der Waals surface area (Å²) in [6.45, 7) is 0. The summed E-state index contributed by atoms with van der Waals surface area (Å²) >= 11 is 4.79. The van der Waals surface area contributed by atoms with Crippen molar-refractivity contribution in [2.45, 2.75) is 6.42 Å². The summed E-state index contributed by atoms with van der Waals surface area (Å²) < 4.78 is 0.894. The molecule has 2 amide bonds. The van der Waals surface area contributed by atoms with Crippen molar-refractivity contribution in [2.24, 2.45) is 0 Å². The molecule has 0 aliphatic carbocycles. The number of benzene rings is 1. The summed E-state index contributed by atoms with van der Waals surface area (Å²) in [5.74, 6) is -0.583. The molecule has 19 heavy (non-hydrogen) atoms. The second-order valence-corrected chi connectivity index (χ2v) is 5.71. The molecular weight excluding hydrogens is 328 g/mol. The van der Waals surface area contributed by atoms with Crippen molar-refractivity contribution in [2.75, 3.05) is 0 Å². The third kappa shape index (κ3) is 4.18. The monoisotopic (exact) mass is 338 g/mol. The molecule has 6 heteroatoms. The highest BCUT2D eigenvalue weighted by Crippen LogP contribution is 2.10. The number of rotatable bonds is 3. The highest BCUT2D eigenvalue weighted by molar-refractivity contribution is 9.10. The number of halogens is 1. The normalized spacial score (nSPS) is 9.95. The van der Waals surface area contributed by atoms with Gasteiger partial charge in [0.15, 0.2) is 0 Å². The van der Waals surface area contributed by atoms with Gasteiger partial charge in [-0.3, -0.25) is 20.4 Å². The second kappa shape index (κ2) is 6.49. The number of carbonyl (C=O) groups is 2.